The molecule has 0 fully saturated rings. The highest BCUT2D eigenvalue weighted by Crippen LogP contribution is 2.49. The Labute approximate surface area is 116 Å². The summed E-state index contributed by atoms with van der Waals surface area (Å²) in [5.74, 6) is 0. The number of hydrogen-bond acceptors (Lipinski definition) is 3. The van der Waals surface area contributed by atoms with Crippen molar-refractivity contribution in [1.29, 1.82) is 0 Å². The average Bonchev–Trinajstić information content (AvgIpc) is 2.14. The third kappa shape index (κ3) is 5.13. The molecule has 0 spiro atoms. The van der Waals surface area contributed by atoms with E-state index in [2.05, 4.69) is 64.7 Å². The molecule has 0 aliphatic heterocycles. The second-order valence-electron chi connectivity index (χ2n) is 6.02. The van der Waals surface area contributed by atoms with E-state index in [1.165, 1.54) is 0 Å². The molecular formula is C14H34N3P. The third-order valence-corrected chi connectivity index (χ3v) is 6.55. The van der Waals surface area contributed by atoms with Crippen LogP contribution in [0.3, 0.4) is 0 Å². The Morgan fingerprint density at radius 3 is 1.17 bits per heavy atom. The molecule has 0 atom stereocenters. The molecule has 4 heteroatoms. The monoisotopic (exact) mass is 275 g/mol. The summed E-state index contributed by atoms with van der Waals surface area (Å²) in [4.78, 5) is 0. The molecule has 0 radical (unpaired) electrons. The van der Waals surface area contributed by atoms with Crippen molar-refractivity contribution in [2.75, 3.05) is 12.7 Å². The van der Waals surface area contributed by atoms with E-state index in [1.807, 2.05) is 0 Å². The Bertz CT molecular complexity index is 181. The number of nitrogens with zero attached hydrogens (tertiary/aromatic N) is 2. The normalized spacial score (nSPS) is 13.3. The van der Waals surface area contributed by atoms with Crippen LogP contribution in [0, 0.1) is 0 Å². The largest absolute Gasteiger partial charge is 0.330 e. The minimum atomic E-state index is -0.304. The van der Waals surface area contributed by atoms with E-state index in [-0.39, 0.29) is 8.22 Å². The lowest BCUT2D eigenvalue weighted by Crippen LogP contribution is -2.44. The highest BCUT2D eigenvalue weighted by atomic mass is 31.1. The number of rotatable bonds is 8. The van der Waals surface area contributed by atoms with Crippen LogP contribution in [-0.4, -0.2) is 46.2 Å². The van der Waals surface area contributed by atoms with Gasteiger partial charge in [-0.25, -0.2) is 0 Å². The first-order valence-corrected chi connectivity index (χ1v) is 8.71. The van der Waals surface area contributed by atoms with E-state index >= 15 is 0 Å². The summed E-state index contributed by atoms with van der Waals surface area (Å²) in [6, 6.07) is 2.29. The highest BCUT2D eigenvalue weighted by molar-refractivity contribution is 7.52. The molecule has 0 saturated heterocycles. The maximum atomic E-state index is 5.87. The summed E-state index contributed by atoms with van der Waals surface area (Å²) < 4.78 is 5.31. The van der Waals surface area contributed by atoms with Crippen LogP contribution in [0.15, 0.2) is 0 Å². The lowest BCUT2D eigenvalue weighted by atomic mass is 10.3. The fourth-order valence-corrected chi connectivity index (χ4v) is 5.79. The maximum Gasteiger partial charge on any atom is 0.0417 e. The fourth-order valence-electron chi connectivity index (χ4n) is 2.72. The lowest BCUT2D eigenvalue weighted by molar-refractivity contribution is 0.256. The molecule has 0 aliphatic carbocycles. The smallest absolute Gasteiger partial charge is 0.0417 e. The van der Waals surface area contributed by atoms with Gasteiger partial charge in [-0.2, -0.15) is 0 Å². The molecule has 0 aromatic carbocycles. The SMILES string of the molecule is CC(C)N(C(C)C)P(CCN)N(C(C)C)C(C)C. The second kappa shape index (κ2) is 8.47. The van der Waals surface area contributed by atoms with Crippen molar-refractivity contribution in [3.05, 3.63) is 0 Å². The van der Waals surface area contributed by atoms with Crippen molar-refractivity contribution in [2.24, 2.45) is 5.73 Å². The van der Waals surface area contributed by atoms with Gasteiger partial charge in [-0.3, -0.25) is 9.34 Å². The molecule has 0 heterocycles. The van der Waals surface area contributed by atoms with Crippen LogP contribution in [0.4, 0.5) is 0 Å². The molecule has 0 aromatic heterocycles. The molecule has 3 nitrogen and oxygen atoms in total. The molecule has 0 saturated carbocycles. The van der Waals surface area contributed by atoms with Gasteiger partial charge in [-0.15, -0.1) is 0 Å². The summed E-state index contributed by atoms with van der Waals surface area (Å²) in [5.41, 5.74) is 5.87. The van der Waals surface area contributed by atoms with Gasteiger partial charge < -0.3 is 5.73 Å². The molecule has 0 amide bonds. The Morgan fingerprint density at radius 2 is 1.00 bits per heavy atom. The zero-order valence-corrected chi connectivity index (χ0v) is 14.5. The van der Waals surface area contributed by atoms with Crippen molar-refractivity contribution >= 4 is 8.22 Å². The highest BCUT2D eigenvalue weighted by Gasteiger charge is 2.31. The fraction of sp³-hybridized carbons (Fsp3) is 1.00. The predicted molar refractivity (Wildman–Crippen MR) is 85.1 cm³/mol. The molecule has 110 valence electrons. The van der Waals surface area contributed by atoms with Gasteiger partial charge in [0.2, 0.25) is 0 Å². The quantitative estimate of drug-likeness (QED) is 0.688. The van der Waals surface area contributed by atoms with Crippen LogP contribution in [0.1, 0.15) is 55.4 Å². The van der Waals surface area contributed by atoms with Crippen LogP contribution in [-0.2, 0) is 0 Å². The zero-order chi connectivity index (χ0) is 14.5. The zero-order valence-electron chi connectivity index (χ0n) is 13.6. The van der Waals surface area contributed by atoms with E-state index in [0.29, 0.717) is 24.2 Å². The van der Waals surface area contributed by atoms with Crippen molar-refractivity contribution in [2.45, 2.75) is 79.6 Å². The van der Waals surface area contributed by atoms with Crippen molar-refractivity contribution in [3.63, 3.8) is 0 Å². The van der Waals surface area contributed by atoms with Gasteiger partial charge in [-0.05, 0) is 61.9 Å². The molecule has 0 bridgehead atoms. The van der Waals surface area contributed by atoms with Crippen LogP contribution in [0.25, 0.3) is 0 Å². The van der Waals surface area contributed by atoms with Crippen LogP contribution in [0.2, 0.25) is 0 Å². The summed E-state index contributed by atoms with van der Waals surface area (Å²) in [6.07, 6.45) is 1.10. The van der Waals surface area contributed by atoms with Gasteiger partial charge in [0.25, 0.3) is 0 Å². The van der Waals surface area contributed by atoms with Crippen molar-refractivity contribution in [1.82, 2.24) is 9.34 Å². The van der Waals surface area contributed by atoms with E-state index in [1.54, 1.807) is 0 Å². The number of nitrogens with two attached hydrogens (primary N) is 1. The first-order valence-electron chi connectivity index (χ1n) is 7.28. The molecule has 0 unspecified atom stereocenters. The lowest BCUT2D eigenvalue weighted by Gasteiger charge is -2.47. The molecule has 0 rings (SSSR count). The van der Waals surface area contributed by atoms with Gasteiger partial charge >= 0.3 is 0 Å². The molecule has 0 aromatic rings. The maximum absolute atomic E-state index is 5.87. The molecule has 18 heavy (non-hydrogen) atoms. The summed E-state index contributed by atoms with van der Waals surface area (Å²) in [5, 5.41) is 0. The third-order valence-electron chi connectivity index (χ3n) is 2.98. The van der Waals surface area contributed by atoms with Gasteiger partial charge in [0, 0.05) is 38.6 Å². The van der Waals surface area contributed by atoms with E-state index < -0.39 is 0 Å². The van der Waals surface area contributed by atoms with Gasteiger partial charge in [0.1, 0.15) is 0 Å². The Morgan fingerprint density at radius 1 is 0.722 bits per heavy atom. The van der Waals surface area contributed by atoms with Crippen molar-refractivity contribution < 1.29 is 0 Å². The number of hydrogen-bond donors (Lipinski definition) is 1. The molecule has 2 N–H and O–H groups in total. The Hall–Kier alpha value is 0.310. The Balaban J connectivity index is 5.22. The summed E-state index contributed by atoms with van der Waals surface area (Å²) in [7, 11) is -0.304. The van der Waals surface area contributed by atoms with Gasteiger partial charge in [0.05, 0.1) is 0 Å². The Kier molecular flexibility index (Phi) is 8.62. The van der Waals surface area contributed by atoms with Crippen molar-refractivity contribution in [3.8, 4) is 0 Å². The minimum Gasteiger partial charge on any atom is -0.330 e. The van der Waals surface area contributed by atoms with E-state index in [9.17, 15) is 0 Å². The van der Waals surface area contributed by atoms with Crippen LogP contribution in [0.5, 0.6) is 0 Å². The average molecular weight is 275 g/mol. The van der Waals surface area contributed by atoms with Gasteiger partial charge in [-0.1, -0.05) is 0 Å². The van der Waals surface area contributed by atoms with Gasteiger partial charge in [0.15, 0.2) is 0 Å². The minimum absolute atomic E-state index is 0.304. The first-order chi connectivity index (χ1) is 8.23. The molecular weight excluding hydrogens is 241 g/mol. The van der Waals surface area contributed by atoms with Crippen LogP contribution < -0.4 is 5.73 Å². The van der Waals surface area contributed by atoms with Crippen LogP contribution >= 0.6 is 8.22 Å². The summed E-state index contributed by atoms with van der Waals surface area (Å²) in [6.45, 7) is 19.1. The summed E-state index contributed by atoms with van der Waals surface area (Å²) >= 11 is 0. The standard InChI is InChI=1S/C14H34N3P/c1-11(2)16(12(3)4)18(10-9-15)17(13(5)6)14(7)8/h11-14H,9-10,15H2,1-8H3. The first kappa shape index (κ1) is 18.3. The van der Waals surface area contributed by atoms with E-state index in [4.69, 9.17) is 5.73 Å². The van der Waals surface area contributed by atoms with E-state index in [0.717, 1.165) is 12.7 Å². The second-order valence-corrected chi connectivity index (χ2v) is 8.14. The molecule has 0 aliphatic rings. The topological polar surface area (TPSA) is 32.5 Å². The predicted octanol–water partition coefficient (Wildman–Crippen LogP) is 3.49.